The molecule has 0 unspecified atom stereocenters. The third-order valence-electron chi connectivity index (χ3n) is 6.50. The Morgan fingerprint density at radius 3 is 1.32 bits per heavy atom. The van der Waals surface area contributed by atoms with Crippen molar-refractivity contribution in [2.75, 3.05) is 13.2 Å². The van der Waals surface area contributed by atoms with E-state index in [1.54, 1.807) is 0 Å². The molecule has 0 fully saturated rings. The van der Waals surface area contributed by atoms with Crippen LogP contribution in [0.3, 0.4) is 0 Å². The van der Waals surface area contributed by atoms with E-state index in [1.165, 1.54) is 60.4 Å². The SMILES string of the molecule is CCCCCCOc1cc2c(cc1OCCCCCC)/C=C\c1cc3ccccc3cc1/C=C\2. The van der Waals surface area contributed by atoms with E-state index >= 15 is 0 Å². The second-order valence-corrected chi connectivity index (χ2v) is 9.24. The lowest BCUT2D eigenvalue weighted by Crippen LogP contribution is -2.04. The van der Waals surface area contributed by atoms with Gasteiger partial charge in [0.15, 0.2) is 11.5 Å². The molecule has 0 radical (unpaired) electrons. The van der Waals surface area contributed by atoms with E-state index < -0.39 is 0 Å². The molecular formula is C32H38O2. The summed E-state index contributed by atoms with van der Waals surface area (Å²) in [7, 11) is 0. The third-order valence-corrected chi connectivity index (χ3v) is 6.50. The predicted molar refractivity (Wildman–Crippen MR) is 148 cm³/mol. The van der Waals surface area contributed by atoms with Crippen molar-refractivity contribution in [3.05, 3.63) is 70.8 Å². The lowest BCUT2D eigenvalue weighted by atomic mass is 9.95. The van der Waals surface area contributed by atoms with Crippen LogP contribution < -0.4 is 9.47 Å². The summed E-state index contributed by atoms with van der Waals surface area (Å²) in [5, 5.41) is 2.53. The number of rotatable bonds is 12. The van der Waals surface area contributed by atoms with Crippen LogP contribution in [0.25, 0.3) is 35.1 Å². The van der Waals surface area contributed by atoms with Crippen LogP contribution in [0.5, 0.6) is 11.5 Å². The highest BCUT2D eigenvalue weighted by Crippen LogP contribution is 2.35. The molecule has 4 rings (SSSR count). The average Bonchev–Trinajstić information content (AvgIpc) is 2.85. The zero-order valence-corrected chi connectivity index (χ0v) is 20.8. The van der Waals surface area contributed by atoms with Crippen LogP contribution >= 0.6 is 0 Å². The maximum absolute atomic E-state index is 6.24. The summed E-state index contributed by atoms with van der Waals surface area (Å²) in [6, 6.07) is 17.4. The van der Waals surface area contributed by atoms with Crippen LogP contribution in [0.1, 0.15) is 87.5 Å². The number of benzene rings is 3. The van der Waals surface area contributed by atoms with Gasteiger partial charge >= 0.3 is 0 Å². The first-order valence-electron chi connectivity index (χ1n) is 13.1. The summed E-state index contributed by atoms with van der Waals surface area (Å²) in [5.74, 6) is 1.73. The Morgan fingerprint density at radius 1 is 0.500 bits per heavy atom. The molecule has 0 aliphatic heterocycles. The molecule has 0 saturated heterocycles. The Morgan fingerprint density at radius 2 is 0.912 bits per heavy atom. The van der Waals surface area contributed by atoms with Crippen LogP contribution in [-0.4, -0.2) is 13.2 Å². The number of hydrogen-bond donors (Lipinski definition) is 0. The minimum Gasteiger partial charge on any atom is -0.490 e. The molecule has 2 heteroatoms. The van der Waals surface area contributed by atoms with Gasteiger partial charge in [-0.15, -0.1) is 0 Å². The van der Waals surface area contributed by atoms with Gasteiger partial charge in [0.05, 0.1) is 13.2 Å². The Labute approximate surface area is 205 Å². The summed E-state index contributed by atoms with van der Waals surface area (Å²) in [5.41, 5.74) is 4.80. The quantitative estimate of drug-likeness (QED) is 0.198. The number of hydrogen-bond acceptors (Lipinski definition) is 2. The van der Waals surface area contributed by atoms with E-state index in [0.717, 1.165) is 48.7 Å². The molecule has 0 saturated carbocycles. The van der Waals surface area contributed by atoms with Crippen molar-refractivity contribution >= 4 is 35.1 Å². The van der Waals surface area contributed by atoms with E-state index in [-0.39, 0.29) is 0 Å². The highest BCUT2D eigenvalue weighted by atomic mass is 16.5. The molecule has 0 bridgehead atoms. The standard InChI is InChI=1S/C32H38O2/c1-3-5-7-11-19-33-31-23-29-17-15-27-21-25-13-9-10-14-26(25)22-28(27)16-18-30(29)24-32(31)34-20-12-8-6-4-2/h9-10,13-18,21-24H,3-8,11-12,19-20H2,1-2H3/b17-15-,18-16-,27-15?,28-16?,29-17?,30-18?. The fourth-order valence-electron chi connectivity index (χ4n) is 4.45. The summed E-state index contributed by atoms with van der Waals surface area (Å²) >= 11 is 0. The van der Waals surface area contributed by atoms with Crippen LogP contribution in [-0.2, 0) is 0 Å². The second-order valence-electron chi connectivity index (χ2n) is 9.24. The van der Waals surface area contributed by atoms with Crippen LogP contribution in [0, 0.1) is 0 Å². The van der Waals surface area contributed by atoms with Crippen LogP contribution in [0.15, 0.2) is 48.5 Å². The van der Waals surface area contributed by atoms with Crippen molar-refractivity contribution in [2.45, 2.75) is 65.2 Å². The van der Waals surface area contributed by atoms with E-state index in [4.69, 9.17) is 9.47 Å². The number of ether oxygens (including phenoxy) is 2. The molecular weight excluding hydrogens is 416 g/mol. The monoisotopic (exact) mass is 454 g/mol. The third kappa shape index (κ3) is 6.32. The number of unbranched alkanes of at least 4 members (excludes halogenated alkanes) is 6. The van der Waals surface area contributed by atoms with Gasteiger partial charge in [-0.25, -0.2) is 0 Å². The molecule has 2 nitrogen and oxygen atoms in total. The summed E-state index contributed by atoms with van der Waals surface area (Å²) in [6.45, 7) is 5.95. The first-order valence-corrected chi connectivity index (χ1v) is 13.1. The van der Waals surface area contributed by atoms with Crippen molar-refractivity contribution in [1.82, 2.24) is 0 Å². The van der Waals surface area contributed by atoms with Gasteiger partial charge in [-0.05, 0) is 70.1 Å². The normalized spacial score (nSPS) is 14.1. The van der Waals surface area contributed by atoms with Gasteiger partial charge in [0, 0.05) is 0 Å². The second kappa shape index (κ2) is 12.5. The minimum atomic E-state index is 0.735. The number of fused-ring (bicyclic) bond motifs is 3. The molecule has 0 N–H and O–H groups in total. The molecule has 0 heterocycles. The zero-order valence-electron chi connectivity index (χ0n) is 20.8. The molecule has 3 aromatic rings. The summed E-state index contributed by atoms with van der Waals surface area (Å²) in [6.07, 6.45) is 18.4. The Kier molecular flexibility index (Phi) is 8.84. The lowest BCUT2D eigenvalue weighted by molar-refractivity contribution is 0.258. The smallest absolute Gasteiger partial charge is 0.161 e. The average molecular weight is 455 g/mol. The largest absolute Gasteiger partial charge is 0.490 e. The van der Waals surface area contributed by atoms with Crippen molar-refractivity contribution in [3.8, 4) is 11.5 Å². The van der Waals surface area contributed by atoms with Gasteiger partial charge in [0.25, 0.3) is 0 Å². The predicted octanol–water partition coefficient (Wildman–Crippen LogP) is 9.41. The molecule has 1 aliphatic rings. The fraction of sp³-hybridized carbons (Fsp3) is 0.375. The molecule has 178 valence electrons. The Hall–Kier alpha value is -3.00. The highest BCUT2D eigenvalue weighted by molar-refractivity contribution is 5.94. The van der Waals surface area contributed by atoms with Crippen LogP contribution in [0.2, 0.25) is 0 Å². The van der Waals surface area contributed by atoms with E-state index in [0.29, 0.717) is 0 Å². The van der Waals surface area contributed by atoms with E-state index in [2.05, 4.69) is 86.7 Å². The highest BCUT2D eigenvalue weighted by Gasteiger charge is 2.12. The van der Waals surface area contributed by atoms with Gasteiger partial charge in [-0.3, -0.25) is 0 Å². The molecule has 0 atom stereocenters. The molecule has 0 aromatic heterocycles. The fourth-order valence-corrected chi connectivity index (χ4v) is 4.45. The van der Waals surface area contributed by atoms with Crippen molar-refractivity contribution in [2.24, 2.45) is 0 Å². The van der Waals surface area contributed by atoms with E-state index in [1.807, 2.05) is 0 Å². The van der Waals surface area contributed by atoms with Gasteiger partial charge in [0.2, 0.25) is 0 Å². The van der Waals surface area contributed by atoms with E-state index in [9.17, 15) is 0 Å². The molecule has 3 aromatic carbocycles. The van der Waals surface area contributed by atoms with Crippen molar-refractivity contribution in [1.29, 1.82) is 0 Å². The minimum absolute atomic E-state index is 0.735. The summed E-state index contributed by atoms with van der Waals surface area (Å²) < 4.78 is 12.5. The topological polar surface area (TPSA) is 18.5 Å². The van der Waals surface area contributed by atoms with Crippen molar-refractivity contribution < 1.29 is 9.47 Å². The first-order chi connectivity index (χ1) is 16.8. The maximum Gasteiger partial charge on any atom is 0.161 e. The lowest BCUT2D eigenvalue weighted by Gasteiger charge is -2.17. The van der Waals surface area contributed by atoms with Crippen molar-refractivity contribution in [3.63, 3.8) is 0 Å². The summed E-state index contributed by atoms with van der Waals surface area (Å²) in [4.78, 5) is 0. The van der Waals surface area contributed by atoms with Crippen LogP contribution in [0.4, 0.5) is 0 Å². The molecule has 0 amide bonds. The first kappa shape index (κ1) is 24.1. The molecule has 0 spiro atoms. The van der Waals surface area contributed by atoms with Gasteiger partial charge in [-0.1, -0.05) is 101 Å². The Balaban J connectivity index is 1.59. The van der Waals surface area contributed by atoms with Gasteiger partial charge < -0.3 is 9.47 Å². The molecule has 34 heavy (non-hydrogen) atoms. The van der Waals surface area contributed by atoms with Gasteiger partial charge in [-0.2, -0.15) is 0 Å². The zero-order chi connectivity index (χ0) is 23.6. The molecule has 1 aliphatic carbocycles. The van der Waals surface area contributed by atoms with Gasteiger partial charge in [0.1, 0.15) is 0 Å². The maximum atomic E-state index is 6.24. The Bertz CT molecular complexity index is 1050.